The Labute approximate surface area is 72.0 Å². The number of nitrogens with zero attached hydrogens (tertiary/aromatic N) is 2. The van der Waals surface area contributed by atoms with Crippen molar-refractivity contribution in [2.45, 2.75) is 32.2 Å². The minimum absolute atomic E-state index is 0.196. The fraction of sp³-hybridized carbons (Fsp3) is 0.556. The lowest BCUT2D eigenvalue weighted by molar-refractivity contribution is 0.665. The highest BCUT2D eigenvalue weighted by atomic mass is 15.0. The van der Waals surface area contributed by atoms with Gasteiger partial charge in [-0.05, 0) is 32.3 Å². The van der Waals surface area contributed by atoms with E-state index in [1.807, 2.05) is 20.0 Å². The largest absolute Gasteiger partial charge is 0.319 e. The molecule has 1 fully saturated rings. The van der Waals surface area contributed by atoms with E-state index in [1.54, 1.807) is 0 Å². The van der Waals surface area contributed by atoms with Crippen LogP contribution in [0, 0.1) is 13.8 Å². The maximum atomic E-state index is 5.96. The summed E-state index contributed by atoms with van der Waals surface area (Å²) in [6.45, 7) is 4.00. The van der Waals surface area contributed by atoms with E-state index in [4.69, 9.17) is 5.73 Å². The van der Waals surface area contributed by atoms with E-state index in [1.165, 1.54) is 0 Å². The van der Waals surface area contributed by atoms with Gasteiger partial charge in [0.1, 0.15) is 5.82 Å². The first-order valence-corrected chi connectivity index (χ1v) is 4.21. The standard InChI is InChI=1S/C9H13N3/c1-6-5-11-8(12-7(6)2)9(10)3-4-9/h5H,3-4,10H2,1-2H3. The Morgan fingerprint density at radius 2 is 2.08 bits per heavy atom. The topological polar surface area (TPSA) is 51.8 Å². The third kappa shape index (κ3) is 1.10. The molecule has 1 saturated carbocycles. The van der Waals surface area contributed by atoms with Gasteiger partial charge in [0.15, 0.2) is 0 Å². The summed E-state index contributed by atoms with van der Waals surface area (Å²) < 4.78 is 0. The maximum absolute atomic E-state index is 5.96. The first kappa shape index (κ1) is 7.68. The third-order valence-corrected chi connectivity index (χ3v) is 2.46. The molecule has 0 amide bonds. The summed E-state index contributed by atoms with van der Waals surface area (Å²) >= 11 is 0. The maximum Gasteiger partial charge on any atom is 0.148 e. The molecule has 0 saturated heterocycles. The van der Waals surface area contributed by atoms with Crippen molar-refractivity contribution in [1.29, 1.82) is 0 Å². The predicted molar refractivity (Wildman–Crippen MR) is 46.6 cm³/mol. The van der Waals surface area contributed by atoms with Crippen LogP contribution in [-0.2, 0) is 5.54 Å². The van der Waals surface area contributed by atoms with Crippen molar-refractivity contribution in [3.8, 4) is 0 Å². The summed E-state index contributed by atoms with van der Waals surface area (Å²) in [6, 6.07) is 0. The second-order valence-electron chi connectivity index (χ2n) is 3.62. The summed E-state index contributed by atoms with van der Waals surface area (Å²) in [4.78, 5) is 8.61. The van der Waals surface area contributed by atoms with Crippen molar-refractivity contribution in [2.75, 3.05) is 0 Å². The zero-order chi connectivity index (χ0) is 8.77. The number of aromatic nitrogens is 2. The minimum Gasteiger partial charge on any atom is -0.319 e. The molecule has 1 aliphatic carbocycles. The normalized spacial score (nSPS) is 19.2. The quantitative estimate of drug-likeness (QED) is 0.673. The van der Waals surface area contributed by atoms with E-state index in [-0.39, 0.29) is 5.54 Å². The van der Waals surface area contributed by atoms with Crippen LogP contribution >= 0.6 is 0 Å². The Morgan fingerprint density at radius 3 is 2.58 bits per heavy atom. The molecular weight excluding hydrogens is 150 g/mol. The van der Waals surface area contributed by atoms with Gasteiger partial charge in [0.25, 0.3) is 0 Å². The highest BCUT2D eigenvalue weighted by Crippen LogP contribution is 2.40. The smallest absolute Gasteiger partial charge is 0.148 e. The van der Waals surface area contributed by atoms with Crippen molar-refractivity contribution in [3.05, 3.63) is 23.3 Å². The Kier molecular flexibility index (Phi) is 1.45. The average molecular weight is 163 g/mol. The summed E-state index contributed by atoms with van der Waals surface area (Å²) in [7, 11) is 0. The lowest BCUT2D eigenvalue weighted by Gasteiger charge is -2.07. The van der Waals surface area contributed by atoms with Crippen LogP contribution in [-0.4, -0.2) is 9.97 Å². The van der Waals surface area contributed by atoms with Crippen molar-refractivity contribution in [1.82, 2.24) is 9.97 Å². The molecule has 2 N–H and O–H groups in total. The summed E-state index contributed by atoms with van der Waals surface area (Å²) in [5, 5.41) is 0. The number of rotatable bonds is 1. The van der Waals surface area contributed by atoms with E-state index in [0.29, 0.717) is 0 Å². The number of hydrogen-bond acceptors (Lipinski definition) is 3. The number of nitrogens with two attached hydrogens (primary N) is 1. The lowest BCUT2D eigenvalue weighted by atomic mass is 10.2. The molecule has 3 nitrogen and oxygen atoms in total. The van der Waals surface area contributed by atoms with E-state index in [9.17, 15) is 0 Å². The van der Waals surface area contributed by atoms with Crippen LogP contribution in [0.25, 0.3) is 0 Å². The first-order chi connectivity index (χ1) is 5.62. The fourth-order valence-electron chi connectivity index (χ4n) is 1.13. The summed E-state index contributed by atoms with van der Waals surface area (Å²) in [6.07, 6.45) is 3.90. The van der Waals surface area contributed by atoms with Gasteiger partial charge in [-0.2, -0.15) is 0 Å². The highest BCUT2D eigenvalue weighted by Gasteiger charge is 2.43. The van der Waals surface area contributed by atoms with E-state index >= 15 is 0 Å². The van der Waals surface area contributed by atoms with Gasteiger partial charge < -0.3 is 5.73 Å². The molecule has 0 bridgehead atoms. The predicted octanol–water partition coefficient (Wildman–Crippen LogP) is 1.04. The van der Waals surface area contributed by atoms with E-state index < -0.39 is 0 Å². The van der Waals surface area contributed by atoms with Gasteiger partial charge in [0.05, 0.1) is 5.54 Å². The molecule has 1 heterocycles. The molecule has 1 aromatic rings. The Bertz CT molecular complexity index is 316. The summed E-state index contributed by atoms with van der Waals surface area (Å²) in [5.41, 5.74) is 7.93. The van der Waals surface area contributed by atoms with Crippen LogP contribution in [0.1, 0.15) is 29.9 Å². The van der Waals surface area contributed by atoms with Crippen molar-refractivity contribution >= 4 is 0 Å². The molecule has 0 aromatic carbocycles. The zero-order valence-corrected chi connectivity index (χ0v) is 7.46. The van der Waals surface area contributed by atoms with Gasteiger partial charge in [-0.1, -0.05) is 0 Å². The molecule has 12 heavy (non-hydrogen) atoms. The van der Waals surface area contributed by atoms with Gasteiger partial charge in [-0.3, -0.25) is 0 Å². The van der Waals surface area contributed by atoms with Crippen LogP contribution in [0.5, 0.6) is 0 Å². The molecule has 2 rings (SSSR count). The van der Waals surface area contributed by atoms with Crippen LogP contribution in [0.4, 0.5) is 0 Å². The SMILES string of the molecule is Cc1cnc(C2(N)CC2)nc1C. The molecule has 3 heteroatoms. The summed E-state index contributed by atoms with van der Waals surface area (Å²) in [5.74, 6) is 0.811. The Morgan fingerprint density at radius 1 is 1.42 bits per heavy atom. The van der Waals surface area contributed by atoms with E-state index in [2.05, 4.69) is 9.97 Å². The average Bonchev–Trinajstić information content (AvgIpc) is 2.75. The van der Waals surface area contributed by atoms with Crippen LogP contribution in [0.15, 0.2) is 6.20 Å². The molecule has 0 radical (unpaired) electrons. The van der Waals surface area contributed by atoms with Crippen LogP contribution < -0.4 is 5.73 Å². The zero-order valence-electron chi connectivity index (χ0n) is 7.46. The first-order valence-electron chi connectivity index (χ1n) is 4.21. The van der Waals surface area contributed by atoms with Gasteiger partial charge in [0.2, 0.25) is 0 Å². The molecule has 1 aromatic heterocycles. The van der Waals surface area contributed by atoms with Crippen molar-refractivity contribution < 1.29 is 0 Å². The lowest BCUT2D eigenvalue weighted by Crippen LogP contribution is -2.22. The molecule has 0 spiro atoms. The van der Waals surface area contributed by atoms with Gasteiger partial charge >= 0.3 is 0 Å². The number of hydrogen-bond donors (Lipinski definition) is 1. The van der Waals surface area contributed by atoms with Crippen molar-refractivity contribution in [3.63, 3.8) is 0 Å². The molecule has 0 unspecified atom stereocenters. The Hall–Kier alpha value is -0.960. The molecular formula is C9H13N3. The fourth-order valence-corrected chi connectivity index (χ4v) is 1.13. The van der Waals surface area contributed by atoms with E-state index in [0.717, 1.165) is 29.9 Å². The molecule has 0 aliphatic heterocycles. The minimum atomic E-state index is -0.196. The monoisotopic (exact) mass is 163 g/mol. The third-order valence-electron chi connectivity index (χ3n) is 2.46. The van der Waals surface area contributed by atoms with Gasteiger partial charge in [-0.15, -0.1) is 0 Å². The van der Waals surface area contributed by atoms with Crippen LogP contribution in [0.2, 0.25) is 0 Å². The molecule has 0 atom stereocenters. The van der Waals surface area contributed by atoms with Crippen LogP contribution in [0.3, 0.4) is 0 Å². The van der Waals surface area contributed by atoms with Gasteiger partial charge in [0, 0.05) is 11.9 Å². The molecule has 64 valence electrons. The highest BCUT2D eigenvalue weighted by molar-refractivity contribution is 5.20. The van der Waals surface area contributed by atoms with Crippen molar-refractivity contribution in [2.24, 2.45) is 5.73 Å². The Balaban J connectivity index is 2.41. The second-order valence-corrected chi connectivity index (χ2v) is 3.62. The second kappa shape index (κ2) is 2.26. The molecule has 1 aliphatic rings. The van der Waals surface area contributed by atoms with Gasteiger partial charge in [-0.25, -0.2) is 9.97 Å². The number of aryl methyl sites for hydroxylation is 2.